The third-order valence-corrected chi connectivity index (χ3v) is 5.86. The number of hydrogen-bond donors (Lipinski definition) is 3. The maximum absolute atomic E-state index is 11.8. The predicted octanol–water partition coefficient (Wildman–Crippen LogP) is 5.42. The maximum Gasteiger partial charge on any atom is 0.320 e. The molecular weight excluding hydrogens is 410 g/mol. The van der Waals surface area contributed by atoms with E-state index in [0.29, 0.717) is 6.42 Å². The summed E-state index contributed by atoms with van der Waals surface area (Å²) in [4.78, 5) is 44.5. The molecule has 0 amide bonds. The fourth-order valence-corrected chi connectivity index (χ4v) is 3.73. The minimum atomic E-state index is -1.15. The first-order valence-electron chi connectivity index (χ1n) is 12.6. The Bertz CT molecular complexity index is 535. The Morgan fingerprint density at radius 1 is 0.500 bits per heavy atom. The first kappa shape index (κ1) is 30.2. The van der Waals surface area contributed by atoms with Gasteiger partial charge in [0.15, 0.2) is 11.6 Å². The van der Waals surface area contributed by atoms with Crippen LogP contribution in [0.5, 0.6) is 0 Å². The van der Waals surface area contributed by atoms with Crippen molar-refractivity contribution in [3.63, 3.8) is 0 Å². The molecule has 0 unspecified atom stereocenters. The SMILES string of the molecule is N[C@@H](CCC(=O)C(=O)CCCCCCCCCCCCCCCCCCC(=O)O)C(=O)O. The number of carboxylic acids is 2. The van der Waals surface area contributed by atoms with E-state index in [1.54, 1.807) is 0 Å². The Morgan fingerprint density at radius 2 is 0.812 bits per heavy atom. The minimum Gasteiger partial charge on any atom is -0.481 e. The minimum absolute atomic E-state index is 0.0100. The van der Waals surface area contributed by atoms with Crippen molar-refractivity contribution in [3.8, 4) is 0 Å². The van der Waals surface area contributed by atoms with E-state index in [1.807, 2.05) is 0 Å². The van der Waals surface area contributed by atoms with E-state index in [1.165, 1.54) is 57.8 Å². The molecule has 0 aliphatic carbocycles. The molecule has 7 nitrogen and oxygen atoms in total. The largest absolute Gasteiger partial charge is 0.481 e. The van der Waals surface area contributed by atoms with E-state index in [0.717, 1.165) is 44.9 Å². The summed E-state index contributed by atoms with van der Waals surface area (Å²) >= 11 is 0. The number of rotatable bonds is 24. The maximum atomic E-state index is 11.8. The highest BCUT2D eigenvalue weighted by atomic mass is 16.4. The molecule has 4 N–H and O–H groups in total. The number of ketones is 2. The zero-order valence-electron chi connectivity index (χ0n) is 19.8. The van der Waals surface area contributed by atoms with Crippen LogP contribution in [-0.4, -0.2) is 39.8 Å². The van der Waals surface area contributed by atoms with Gasteiger partial charge in [-0.25, -0.2) is 0 Å². The second-order valence-electron chi connectivity index (χ2n) is 8.88. The van der Waals surface area contributed by atoms with E-state index < -0.39 is 29.5 Å². The van der Waals surface area contributed by atoms with Gasteiger partial charge in [-0.15, -0.1) is 0 Å². The quantitative estimate of drug-likeness (QED) is 0.130. The highest BCUT2D eigenvalue weighted by Crippen LogP contribution is 2.14. The molecule has 0 rings (SSSR count). The molecule has 0 bridgehead atoms. The molecule has 0 fully saturated rings. The van der Waals surface area contributed by atoms with Crippen molar-refractivity contribution in [1.29, 1.82) is 0 Å². The second-order valence-corrected chi connectivity index (χ2v) is 8.88. The highest BCUT2D eigenvalue weighted by Gasteiger charge is 2.17. The zero-order chi connectivity index (χ0) is 24.0. The van der Waals surface area contributed by atoms with Gasteiger partial charge in [-0.2, -0.15) is 0 Å². The van der Waals surface area contributed by atoms with Gasteiger partial charge in [0.05, 0.1) is 0 Å². The lowest BCUT2D eigenvalue weighted by atomic mass is 10.0. The van der Waals surface area contributed by atoms with Crippen molar-refractivity contribution in [2.75, 3.05) is 0 Å². The van der Waals surface area contributed by atoms with Crippen molar-refractivity contribution >= 4 is 23.5 Å². The number of aliphatic carboxylic acids is 2. The standard InChI is InChI=1S/C25H45NO6/c26-21(25(31)32)19-20-23(28)22(27)17-15-13-11-9-7-5-3-1-2-4-6-8-10-12-14-16-18-24(29)30/h21H,1-20,26H2,(H,29,30)(H,31,32)/t21-/m0/s1. The number of hydrogen-bond acceptors (Lipinski definition) is 5. The molecule has 0 aromatic rings. The van der Waals surface area contributed by atoms with Crippen LogP contribution in [-0.2, 0) is 19.2 Å². The van der Waals surface area contributed by atoms with Crippen LogP contribution in [0.1, 0.15) is 128 Å². The molecule has 32 heavy (non-hydrogen) atoms. The average molecular weight is 456 g/mol. The number of carbonyl (C=O) groups is 4. The molecule has 0 radical (unpaired) electrons. The van der Waals surface area contributed by atoms with E-state index in [4.69, 9.17) is 15.9 Å². The Labute approximate surface area is 193 Å². The molecule has 0 spiro atoms. The molecule has 0 aliphatic heterocycles. The third-order valence-electron chi connectivity index (χ3n) is 5.86. The number of Topliss-reactive ketones (excluding diaryl/α,β-unsaturated/α-hetero) is 2. The number of nitrogens with two attached hydrogens (primary N) is 1. The molecule has 0 aliphatic rings. The molecule has 0 saturated carbocycles. The second kappa shape index (κ2) is 21.1. The molecule has 0 saturated heterocycles. The molecule has 0 heterocycles. The van der Waals surface area contributed by atoms with E-state index >= 15 is 0 Å². The smallest absolute Gasteiger partial charge is 0.320 e. The summed E-state index contributed by atoms with van der Waals surface area (Å²) in [6, 6.07) is -1.08. The van der Waals surface area contributed by atoms with Gasteiger partial charge in [0.25, 0.3) is 0 Å². The third kappa shape index (κ3) is 20.2. The lowest BCUT2D eigenvalue weighted by molar-refractivity contribution is -0.140. The Hall–Kier alpha value is -1.76. The summed E-state index contributed by atoms with van der Waals surface area (Å²) in [5.41, 5.74) is 5.34. The fourth-order valence-electron chi connectivity index (χ4n) is 3.73. The lowest BCUT2D eigenvalue weighted by Gasteiger charge is -2.05. The van der Waals surface area contributed by atoms with Crippen molar-refractivity contribution < 1.29 is 29.4 Å². The first-order chi connectivity index (χ1) is 15.3. The van der Waals surface area contributed by atoms with Crippen molar-refractivity contribution in [3.05, 3.63) is 0 Å². The van der Waals surface area contributed by atoms with Crippen LogP contribution in [0, 0.1) is 0 Å². The molecule has 1 atom stereocenters. The van der Waals surface area contributed by atoms with E-state index in [9.17, 15) is 19.2 Å². The van der Waals surface area contributed by atoms with E-state index in [-0.39, 0.29) is 19.3 Å². The topological polar surface area (TPSA) is 135 Å². The first-order valence-corrected chi connectivity index (χ1v) is 12.6. The highest BCUT2D eigenvalue weighted by molar-refractivity contribution is 6.37. The normalized spacial score (nSPS) is 11.9. The van der Waals surface area contributed by atoms with Crippen molar-refractivity contribution in [2.45, 2.75) is 134 Å². The van der Waals surface area contributed by atoms with Crippen molar-refractivity contribution in [2.24, 2.45) is 5.73 Å². The van der Waals surface area contributed by atoms with Gasteiger partial charge >= 0.3 is 11.9 Å². The van der Waals surface area contributed by atoms with Crippen LogP contribution >= 0.6 is 0 Å². The van der Waals surface area contributed by atoms with Gasteiger partial charge in [0, 0.05) is 19.3 Å². The summed E-state index contributed by atoms with van der Waals surface area (Å²) in [5.74, 6) is -2.74. The predicted molar refractivity (Wildman–Crippen MR) is 126 cm³/mol. The Balaban J connectivity index is 3.31. The van der Waals surface area contributed by atoms with Crippen LogP contribution in [0.25, 0.3) is 0 Å². The van der Waals surface area contributed by atoms with Crippen LogP contribution in [0.3, 0.4) is 0 Å². The Kier molecular flexibility index (Phi) is 19.9. The molecule has 7 heteroatoms. The van der Waals surface area contributed by atoms with Crippen LogP contribution < -0.4 is 5.73 Å². The number of unbranched alkanes of at least 4 members (excludes halogenated alkanes) is 15. The summed E-state index contributed by atoms with van der Waals surface area (Å²) in [7, 11) is 0. The molecule has 0 aromatic carbocycles. The Morgan fingerprint density at radius 3 is 1.16 bits per heavy atom. The zero-order valence-corrected chi connectivity index (χ0v) is 19.8. The van der Waals surface area contributed by atoms with Crippen molar-refractivity contribution in [1.82, 2.24) is 0 Å². The van der Waals surface area contributed by atoms with Crippen LogP contribution in [0.2, 0.25) is 0 Å². The summed E-state index contributed by atoms with van der Waals surface area (Å²) < 4.78 is 0. The summed E-state index contributed by atoms with van der Waals surface area (Å²) in [6.45, 7) is 0. The van der Waals surface area contributed by atoms with Gasteiger partial charge in [-0.3, -0.25) is 19.2 Å². The molecule has 186 valence electrons. The van der Waals surface area contributed by atoms with Gasteiger partial charge in [-0.05, 0) is 19.3 Å². The lowest BCUT2D eigenvalue weighted by Crippen LogP contribution is -2.31. The van der Waals surface area contributed by atoms with Gasteiger partial charge in [-0.1, -0.05) is 89.9 Å². The monoisotopic (exact) mass is 455 g/mol. The summed E-state index contributed by atoms with van der Waals surface area (Å²) in [5, 5.41) is 17.3. The summed E-state index contributed by atoms with van der Waals surface area (Å²) in [6.07, 6.45) is 18.8. The number of carbonyl (C=O) groups excluding carboxylic acids is 2. The average Bonchev–Trinajstić information content (AvgIpc) is 2.75. The van der Waals surface area contributed by atoms with Crippen LogP contribution in [0.15, 0.2) is 0 Å². The van der Waals surface area contributed by atoms with E-state index in [2.05, 4.69) is 0 Å². The molecular formula is C25H45NO6. The van der Waals surface area contributed by atoms with Gasteiger partial charge in [0.1, 0.15) is 6.04 Å². The fraction of sp³-hybridized carbons (Fsp3) is 0.840. The molecule has 0 aromatic heterocycles. The number of carboxylic acid groups (broad SMARTS) is 2. The van der Waals surface area contributed by atoms with Gasteiger partial charge in [0.2, 0.25) is 0 Å². The van der Waals surface area contributed by atoms with Crippen LogP contribution in [0.4, 0.5) is 0 Å². The van der Waals surface area contributed by atoms with Gasteiger partial charge < -0.3 is 15.9 Å².